The first-order valence-electron chi connectivity index (χ1n) is 9.70. The van der Waals surface area contributed by atoms with Crippen molar-refractivity contribution in [1.29, 1.82) is 0 Å². The Morgan fingerprint density at radius 1 is 1.14 bits per heavy atom. The van der Waals surface area contributed by atoms with Gasteiger partial charge in [0, 0.05) is 25.7 Å². The fourth-order valence-corrected chi connectivity index (χ4v) is 2.86. The number of benzene rings is 1. The van der Waals surface area contributed by atoms with Crippen LogP contribution in [0.3, 0.4) is 0 Å². The molecule has 0 aliphatic rings. The number of halogens is 1. The number of ether oxygens (including phenoxy) is 1. The Bertz CT molecular complexity index is 926. The molecular weight excluding hydrogens is 479 g/mol. The summed E-state index contributed by atoms with van der Waals surface area (Å²) in [6, 6.07) is 13.9. The second-order valence-corrected chi connectivity index (χ2v) is 6.64. The molecule has 1 atom stereocenters. The quantitative estimate of drug-likeness (QED) is 0.278. The number of nitrogens with zero attached hydrogens (tertiary/aromatic N) is 4. The average Bonchev–Trinajstić information content (AvgIpc) is 3.11. The largest absolute Gasteiger partial charge is 0.489 e. The molecule has 0 aliphatic heterocycles. The molecule has 0 fully saturated rings. The van der Waals surface area contributed by atoms with Crippen LogP contribution >= 0.6 is 24.0 Å². The number of aryl methyl sites for hydroxylation is 1. The second kappa shape index (κ2) is 11.6. The number of nitrogens with one attached hydrogen (secondary N) is 2. The van der Waals surface area contributed by atoms with Crippen LogP contribution in [0.25, 0.3) is 5.65 Å². The zero-order valence-electron chi connectivity index (χ0n) is 17.1. The van der Waals surface area contributed by atoms with E-state index in [1.54, 1.807) is 0 Å². The van der Waals surface area contributed by atoms with Crippen LogP contribution in [0.1, 0.15) is 25.2 Å². The van der Waals surface area contributed by atoms with Crippen LogP contribution in [0.4, 0.5) is 0 Å². The first kappa shape index (κ1) is 22.9. The Kier molecular flexibility index (Phi) is 9.17. The number of hydrogen-bond donors (Lipinski definition) is 2. The number of aromatic nitrogens is 3. The van der Waals surface area contributed by atoms with Crippen molar-refractivity contribution in [2.75, 3.05) is 19.6 Å². The summed E-state index contributed by atoms with van der Waals surface area (Å²) in [5, 5.41) is 15.1. The molecule has 3 aromatic rings. The van der Waals surface area contributed by atoms with E-state index in [1.807, 2.05) is 66.9 Å². The van der Waals surface area contributed by atoms with E-state index in [0.717, 1.165) is 41.7 Å². The van der Waals surface area contributed by atoms with Gasteiger partial charge in [0.25, 0.3) is 0 Å². The minimum absolute atomic E-state index is 0. The van der Waals surface area contributed by atoms with Crippen molar-refractivity contribution in [2.45, 2.75) is 33.3 Å². The minimum Gasteiger partial charge on any atom is -0.489 e. The number of guanidine groups is 1. The summed E-state index contributed by atoms with van der Waals surface area (Å²) in [5.41, 5.74) is 1.99. The topological polar surface area (TPSA) is 75.8 Å². The van der Waals surface area contributed by atoms with Crippen LogP contribution in [0.15, 0.2) is 53.7 Å². The van der Waals surface area contributed by atoms with Gasteiger partial charge >= 0.3 is 0 Å². The highest BCUT2D eigenvalue weighted by atomic mass is 127. The Morgan fingerprint density at radius 2 is 1.93 bits per heavy atom. The number of aliphatic imine (C=N–C) groups is 1. The second-order valence-electron chi connectivity index (χ2n) is 6.64. The molecule has 0 amide bonds. The van der Waals surface area contributed by atoms with Crippen molar-refractivity contribution in [3.63, 3.8) is 0 Å². The van der Waals surface area contributed by atoms with E-state index < -0.39 is 0 Å². The van der Waals surface area contributed by atoms with Crippen molar-refractivity contribution in [3.8, 4) is 5.75 Å². The normalized spacial score (nSPS) is 12.3. The standard InChI is InChI=1S/C21H28N6O.HI/c1-4-22-21(24-15-17(3)28-18-10-6-5-9-16(18)2)23-13-12-20-26-25-19-11-7-8-14-27(19)20;/h5-11,14,17H,4,12-13,15H2,1-3H3,(H2,22,23,24);1H. The maximum atomic E-state index is 6.00. The molecule has 1 aromatic carbocycles. The number of para-hydroxylation sites is 1. The smallest absolute Gasteiger partial charge is 0.191 e. The summed E-state index contributed by atoms with van der Waals surface area (Å²) in [6.45, 7) is 8.21. The molecule has 1 unspecified atom stereocenters. The van der Waals surface area contributed by atoms with Crippen LogP contribution in [0, 0.1) is 6.92 Å². The van der Waals surface area contributed by atoms with Gasteiger partial charge in [0.15, 0.2) is 11.6 Å². The zero-order valence-corrected chi connectivity index (χ0v) is 19.5. The Labute approximate surface area is 189 Å². The summed E-state index contributed by atoms with van der Waals surface area (Å²) in [7, 11) is 0. The molecular formula is C21H29IN6O. The van der Waals surface area contributed by atoms with Gasteiger partial charge in [-0.15, -0.1) is 34.2 Å². The third-order valence-electron chi connectivity index (χ3n) is 4.30. The lowest BCUT2D eigenvalue weighted by molar-refractivity contribution is 0.228. The highest BCUT2D eigenvalue weighted by molar-refractivity contribution is 14.0. The Morgan fingerprint density at radius 3 is 2.72 bits per heavy atom. The first-order chi connectivity index (χ1) is 13.7. The van der Waals surface area contributed by atoms with Crippen LogP contribution in [-0.4, -0.2) is 46.3 Å². The fourth-order valence-electron chi connectivity index (χ4n) is 2.86. The van der Waals surface area contributed by atoms with E-state index in [-0.39, 0.29) is 30.1 Å². The summed E-state index contributed by atoms with van der Waals surface area (Å²) in [5.74, 6) is 2.61. The van der Waals surface area contributed by atoms with Crippen molar-refractivity contribution in [3.05, 3.63) is 60.0 Å². The van der Waals surface area contributed by atoms with Crippen LogP contribution in [0.2, 0.25) is 0 Å². The maximum Gasteiger partial charge on any atom is 0.191 e. The van der Waals surface area contributed by atoms with E-state index >= 15 is 0 Å². The molecule has 2 N–H and O–H groups in total. The van der Waals surface area contributed by atoms with Gasteiger partial charge in [-0.3, -0.25) is 4.40 Å². The Balaban J connectivity index is 0.00000300. The summed E-state index contributed by atoms with van der Waals surface area (Å²) in [6.07, 6.45) is 2.72. The highest BCUT2D eigenvalue weighted by Gasteiger charge is 2.07. The molecule has 0 spiro atoms. The van der Waals surface area contributed by atoms with Crippen molar-refractivity contribution in [2.24, 2.45) is 4.99 Å². The summed E-state index contributed by atoms with van der Waals surface area (Å²) >= 11 is 0. The Hall–Kier alpha value is -2.36. The van der Waals surface area contributed by atoms with Crippen molar-refractivity contribution >= 4 is 35.6 Å². The van der Waals surface area contributed by atoms with E-state index in [1.165, 1.54) is 0 Å². The number of fused-ring (bicyclic) bond motifs is 1. The van der Waals surface area contributed by atoms with Crippen molar-refractivity contribution < 1.29 is 4.74 Å². The minimum atomic E-state index is -0.0167. The lowest BCUT2D eigenvalue weighted by Gasteiger charge is -2.16. The van der Waals surface area contributed by atoms with Crippen molar-refractivity contribution in [1.82, 2.24) is 25.2 Å². The van der Waals surface area contributed by atoms with Gasteiger partial charge in [-0.2, -0.15) is 0 Å². The number of rotatable bonds is 8. The van der Waals surface area contributed by atoms with E-state index in [2.05, 4.69) is 32.7 Å². The SMILES string of the molecule is CCNC(=NCC(C)Oc1ccccc1C)NCCc1nnc2ccccn12.I. The van der Waals surface area contributed by atoms with Crippen LogP contribution < -0.4 is 15.4 Å². The van der Waals surface area contributed by atoms with E-state index in [4.69, 9.17) is 4.74 Å². The molecule has 0 bridgehead atoms. The molecule has 0 saturated heterocycles. The molecule has 0 saturated carbocycles. The predicted octanol–water partition coefficient (Wildman–Crippen LogP) is 3.22. The van der Waals surface area contributed by atoms with Gasteiger partial charge in [0.05, 0.1) is 6.54 Å². The van der Waals surface area contributed by atoms with Crippen LogP contribution in [0.5, 0.6) is 5.75 Å². The van der Waals surface area contributed by atoms with Gasteiger partial charge in [-0.05, 0) is 44.5 Å². The third kappa shape index (κ3) is 6.59. The van der Waals surface area contributed by atoms with Gasteiger partial charge in [0.2, 0.25) is 0 Å². The van der Waals surface area contributed by atoms with Gasteiger partial charge in [-0.1, -0.05) is 24.3 Å². The summed E-state index contributed by atoms with van der Waals surface area (Å²) in [4.78, 5) is 4.65. The fraction of sp³-hybridized carbons (Fsp3) is 0.381. The van der Waals surface area contributed by atoms with E-state index in [9.17, 15) is 0 Å². The average molecular weight is 508 g/mol. The highest BCUT2D eigenvalue weighted by Crippen LogP contribution is 2.17. The molecule has 8 heteroatoms. The molecule has 2 aromatic heterocycles. The van der Waals surface area contributed by atoms with Gasteiger partial charge < -0.3 is 15.4 Å². The monoisotopic (exact) mass is 508 g/mol. The lowest BCUT2D eigenvalue weighted by Crippen LogP contribution is -2.39. The van der Waals surface area contributed by atoms with E-state index in [0.29, 0.717) is 13.1 Å². The van der Waals surface area contributed by atoms with Gasteiger partial charge in [-0.25, -0.2) is 4.99 Å². The van der Waals surface area contributed by atoms with Crippen LogP contribution in [-0.2, 0) is 6.42 Å². The predicted molar refractivity (Wildman–Crippen MR) is 127 cm³/mol. The molecule has 156 valence electrons. The molecule has 3 rings (SSSR count). The zero-order chi connectivity index (χ0) is 19.8. The summed E-state index contributed by atoms with van der Waals surface area (Å²) < 4.78 is 8.00. The maximum absolute atomic E-state index is 6.00. The molecule has 0 aliphatic carbocycles. The number of hydrogen-bond acceptors (Lipinski definition) is 4. The first-order valence-corrected chi connectivity index (χ1v) is 9.70. The lowest BCUT2D eigenvalue weighted by atomic mass is 10.2. The molecule has 29 heavy (non-hydrogen) atoms. The third-order valence-corrected chi connectivity index (χ3v) is 4.30. The van der Waals surface area contributed by atoms with Gasteiger partial charge in [0.1, 0.15) is 17.7 Å². The molecule has 2 heterocycles. The number of pyridine rings is 1. The molecule has 0 radical (unpaired) electrons. The molecule has 7 nitrogen and oxygen atoms in total.